The van der Waals surface area contributed by atoms with Gasteiger partial charge in [-0.25, -0.2) is 0 Å². The average Bonchev–Trinajstić information content (AvgIpc) is 2.66. The first-order valence-corrected chi connectivity index (χ1v) is 7.69. The van der Waals surface area contributed by atoms with Crippen LogP contribution in [0.4, 0.5) is 0 Å². The third-order valence-corrected chi connectivity index (χ3v) is 4.57. The van der Waals surface area contributed by atoms with Crippen LogP contribution < -0.4 is 5.32 Å². The molecule has 0 bridgehead atoms. The van der Waals surface area contributed by atoms with Gasteiger partial charge >= 0.3 is 0 Å². The number of nitrogens with one attached hydrogen (secondary N) is 1. The molecular weight excluding hydrogens is 291 g/mol. The summed E-state index contributed by atoms with van der Waals surface area (Å²) in [5.74, 6) is 0. The van der Waals surface area contributed by atoms with Gasteiger partial charge in [0.15, 0.2) is 0 Å². The van der Waals surface area contributed by atoms with Crippen LogP contribution in [0.1, 0.15) is 12.5 Å². The molecular formula is C12H18Cl2N2OS. The van der Waals surface area contributed by atoms with Crippen molar-refractivity contribution in [3.05, 3.63) is 20.3 Å². The van der Waals surface area contributed by atoms with E-state index in [0.717, 1.165) is 53.6 Å². The van der Waals surface area contributed by atoms with Crippen molar-refractivity contribution in [1.82, 2.24) is 10.2 Å². The number of ether oxygens (including phenoxy) is 1. The Morgan fingerprint density at radius 2 is 2.17 bits per heavy atom. The lowest BCUT2D eigenvalue weighted by molar-refractivity contribution is 0.0343. The van der Waals surface area contributed by atoms with E-state index in [-0.39, 0.29) is 0 Å². The zero-order chi connectivity index (χ0) is 13.0. The molecule has 1 unspecified atom stereocenters. The number of rotatable bonds is 5. The van der Waals surface area contributed by atoms with Gasteiger partial charge in [0.05, 0.1) is 21.9 Å². The first-order chi connectivity index (χ1) is 8.65. The van der Waals surface area contributed by atoms with E-state index in [0.29, 0.717) is 6.04 Å². The Balaban J connectivity index is 1.74. The zero-order valence-corrected chi connectivity index (χ0v) is 12.7. The Morgan fingerprint density at radius 3 is 2.78 bits per heavy atom. The predicted octanol–water partition coefficient (Wildman–Crippen LogP) is 2.87. The maximum Gasteiger partial charge on any atom is 0.0989 e. The SMILES string of the molecule is CC(CN1CCOCC1)NCc1cc(Cl)sc1Cl. The zero-order valence-electron chi connectivity index (χ0n) is 10.4. The van der Waals surface area contributed by atoms with Crippen LogP contribution in [0, 0.1) is 0 Å². The van der Waals surface area contributed by atoms with Crippen molar-refractivity contribution in [2.75, 3.05) is 32.8 Å². The molecule has 102 valence electrons. The smallest absolute Gasteiger partial charge is 0.0989 e. The van der Waals surface area contributed by atoms with Crippen LogP contribution >= 0.6 is 34.5 Å². The van der Waals surface area contributed by atoms with Gasteiger partial charge in [-0.05, 0) is 18.6 Å². The fourth-order valence-electron chi connectivity index (χ4n) is 2.01. The molecule has 1 atom stereocenters. The third-order valence-electron chi connectivity index (χ3n) is 3.00. The summed E-state index contributed by atoms with van der Waals surface area (Å²) < 4.78 is 6.87. The quantitative estimate of drug-likeness (QED) is 0.905. The monoisotopic (exact) mass is 308 g/mol. The summed E-state index contributed by atoms with van der Waals surface area (Å²) >= 11 is 13.4. The van der Waals surface area contributed by atoms with E-state index in [1.807, 2.05) is 6.07 Å². The molecule has 0 amide bonds. The highest BCUT2D eigenvalue weighted by Gasteiger charge is 2.14. The minimum absolute atomic E-state index is 0.429. The standard InChI is InChI=1S/C12H18Cl2N2OS/c1-9(8-16-2-4-17-5-3-16)15-7-10-6-11(13)18-12(10)14/h6,9,15H,2-5,7-8H2,1H3. The summed E-state index contributed by atoms with van der Waals surface area (Å²) in [4.78, 5) is 2.42. The Bertz CT molecular complexity index is 380. The van der Waals surface area contributed by atoms with Crippen molar-refractivity contribution in [1.29, 1.82) is 0 Å². The van der Waals surface area contributed by atoms with Crippen molar-refractivity contribution in [3.8, 4) is 0 Å². The van der Waals surface area contributed by atoms with Crippen molar-refractivity contribution in [2.24, 2.45) is 0 Å². The number of halogens is 2. The molecule has 0 spiro atoms. The Hall–Kier alpha value is 0.160. The van der Waals surface area contributed by atoms with Crippen molar-refractivity contribution >= 4 is 34.5 Å². The Kier molecular flexibility index (Phi) is 5.73. The van der Waals surface area contributed by atoms with Crippen LogP contribution in [0.5, 0.6) is 0 Å². The van der Waals surface area contributed by atoms with Crippen LogP contribution in [0.2, 0.25) is 8.67 Å². The summed E-state index contributed by atoms with van der Waals surface area (Å²) in [6.07, 6.45) is 0. The van der Waals surface area contributed by atoms with Crippen molar-refractivity contribution in [3.63, 3.8) is 0 Å². The molecule has 1 N–H and O–H groups in total. The molecule has 1 aliphatic rings. The van der Waals surface area contributed by atoms with E-state index in [4.69, 9.17) is 27.9 Å². The molecule has 18 heavy (non-hydrogen) atoms. The fraction of sp³-hybridized carbons (Fsp3) is 0.667. The molecule has 2 rings (SSSR count). The number of nitrogens with zero attached hydrogens (tertiary/aromatic N) is 1. The molecule has 6 heteroatoms. The number of thiophene rings is 1. The largest absolute Gasteiger partial charge is 0.379 e. The summed E-state index contributed by atoms with van der Waals surface area (Å²) in [6.45, 7) is 7.75. The van der Waals surface area contributed by atoms with Gasteiger partial charge in [-0.15, -0.1) is 11.3 Å². The molecule has 1 aromatic rings. The molecule has 0 saturated carbocycles. The lowest BCUT2D eigenvalue weighted by Crippen LogP contribution is -2.44. The number of hydrogen-bond donors (Lipinski definition) is 1. The first kappa shape index (κ1) is 14.6. The highest BCUT2D eigenvalue weighted by molar-refractivity contribution is 7.20. The van der Waals surface area contributed by atoms with Crippen LogP contribution in [-0.2, 0) is 11.3 Å². The summed E-state index contributed by atoms with van der Waals surface area (Å²) in [7, 11) is 0. The van der Waals surface area contributed by atoms with Gasteiger partial charge in [0.25, 0.3) is 0 Å². The highest BCUT2D eigenvalue weighted by atomic mass is 35.5. The lowest BCUT2D eigenvalue weighted by Gasteiger charge is -2.29. The number of morpholine rings is 1. The Morgan fingerprint density at radius 1 is 1.44 bits per heavy atom. The molecule has 3 nitrogen and oxygen atoms in total. The predicted molar refractivity (Wildman–Crippen MR) is 77.9 cm³/mol. The molecule has 2 heterocycles. The summed E-state index contributed by atoms with van der Waals surface area (Å²) in [5, 5.41) is 3.48. The van der Waals surface area contributed by atoms with Gasteiger partial charge in [-0.3, -0.25) is 4.90 Å². The third kappa shape index (κ3) is 4.37. The van der Waals surface area contributed by atoms with Gasteiger partial charge in [0, 0.05) is 32.2 Å². The molecule has 1 saturated heterocycles. The van der Waals surface area contributed by atoms with Gasteiger partial charge in [0.2, 0.25) is 0 Å². The van der Waals surface area contributed by atoms with Crippen LogP contribution in [0.15, 0.2) is 6.07 Å². The van der Waals surface area contributed by atoms with E-state index in [9.17, 15) is 0 Å². The maximum atomic E-state index is 6.09. The van der Waals surface area contributed by atoms with Gasteiger partial charge in [-0.1, -0.05) is 23.2 Å². The van der Waals surface area contributed by atoms with Crippen LogP contribution in [0.25, 0.3) is 0 Å². The minimum Gasteiger partial charge on any atom is -0.379 e. The second-order valence-electron chi connectivity index (χ2n) is 4.54. The van der Waals surface area contributed by atoms with Gasteiger partial charge in [-0.2, -0.15) is 0 Å². The van der Waals surface area contributed by atoms with E-state index >= 15 is 0 Å². The molecule has 1 aliphatic heterocycles. The fourth-order valence-corrected chi connectivity index (χ4v) is 3.50. The molecule has 0 aliphatic carbocycles. The molecule has 0 aromatic carbocycles. The van der Waals surface area contributed by atoms with Crippen molar-refractivity contribution in [2.45, 2.75) is 19.5 Å². The first-order valence-electron chi connectivity index (χ1n) is 6.12. The Labute approximate surface area is 122 Å². The van der Waals surface area contributed by atoms with Gasteiger partial charge in [0.1, 0.15) is 0 Å². The van der Waals surface area contributed by atoms with Gasteiger partial charge < -0.3 is 10.1 Å². The second kappa shape index (κ2) is 7.08. The van der Waals surface area contributed by atoms with E-state index in [1.54, 1.807) is 0 Å². The molecule has 1 aromatic heterocycles. The number of hydrogen-bond acceptors (Lipinski definition) is 4. The van der Waals surface area contributed by atoms with Crippen molar-refractivity contribution < 1.29 is 4.74 Å². The second-order valence-corrected chi connectivity index (χ2v) is 6.83. The minimum atomic E-state index is 0.429. The maximum absolute atomic E-state index is 6.09. The van der Waals surface area contributed by atoms with E-state index in [1.165, 1.54) is 11.3 Å². The normalized spacial score (nSPS) is 19.1. The van der Waals surface area contributed by atoms with Crippen LogP contribution in [-0.4, -0.2) is 43.8 Å². The van der Waals surface area contributed by atoms with E-state index < -0.39 is 0 Å². The van der Waals surface area contributed by atoms with E-state index in [2.05, 4.69) is 17.1 Å². The lowest BCUT2D eigenvalue weighted by atomic mass is 10.2. The topological polar surface area (TPSA) is 24.5 Å². The molecule has 0 radical (unpaired) electrons. The average molecular weight is 309 g/mol. The summed E-state index contributed by atoms with van der Waals surface area (Å²) in [6, 6.07) is 2.36. The molecule has 1 fully saturated rings. The highest BCUT2D eigenvalue weighted by Crippen LogP contribution is 2.30. The summed E-state index contributed by atoms with van der Waals surface area (Å²) in [5.41, 5.74) is 1.08. The van der Waals surface area contributed by atoms with Crippen LogP contribution in [0.3, 0.4) is 0 Å².